The Morgan fingerprint density at radius 3 is 2.45 bits per heavy atom. The van der Waals surface area contributed by atoms with Gasteiger partial charge in [-0.2, -0.15) is 0 Å². The molecule has 20 heavy (non-hydrogen) atoms. The maximum Gasteiger partial charge on any atom is 0.126 e. The van der Waals surface area contributed by atoms with E-state index in [0.29, 0.717) is 6.42 Å². The van der Waals surface area contributed by atoms with Crippen LogP contribution in [-0.2, 0) is 6.42 Å². The van der Waals surface area contributed by atoms with Crippen molar-refractivity contribution in [2.24, 2.45) is 0 Å². The molecule has 0 aliphatic rings. The van der Waals surface area contributed by atoms with Gasteiger partial charge in [0.15, 0.2) is 0 Å². The van der Waals surface area contributed by atoms with E-state index in [1.165, 1.54) is 11.6 Å². The van der Waals surface area contributed by atoms with Gasteiger partial charge >= 0.3 is 0 Å². The van der Waals surface area contributed by atoms with Gasteiger partial charge in [0.1, 0.15) is 11.6 Å². The van der Waals surface area contributed by atoms with Crippen molar-refractivity contribution in [3.63, 3.8) is 0 Å². The summed E-state index contributed by atoms with van der Waals surface area (Å²) in [6, 6.07) is 15.1. The first-order valence-corrected chi connectivity index (χ1v) is 6.81. The molecule has 0 radical (unpaired) electrons. The van der Waals surface area contributed by atoms with Crippen LogP contribution in [0.15, 0.2) is 48.5 Å². The molecule has 3 heteroatoms. The highest BCUT2D eigenvalue weighted by Crippen LogP contribution is 2.17. The number of halogens is 1. The number of rotatable bonds is 6. The highest BCUT2D eigenvalue weighted by atomic mass is 19.1. The number of methoxy groups -OCH3 is 1. The molecule has 0 aliphatic carbocycles. The van der Waals surface area contributed by atoms with Crippen molar-refractivity contribution < 1.29 is 9.13 Å². The molecule has 0 spiro atoms. The van der Waals surface area contributed by atoms with Gasteiger partial charge in [0.25, 0.3) is 0 Å². The third-order valence-electron chi connectivity index (χ3n) is 3.42. The summed E-state index contributed by atoms with van der Waals surface area (Å²) >= 11 is 0. The summed E-state index contributed by atoms with van der Waals surface area (Å²) in [7, 11) is 1.66. The number of ether oxygens (including phenoxy) is 1. The fourth-order valence-electron chi connectivity index (χ4n) is 2.13. The smallest absolute Gasteiger partial charge is 0.126 e. The summed E-state index contributed by atoms with van der Waals surface area (Å²) in [6.07, 6.45) is 0.688. The fourth-order valence-corrected chi connectivity index (χ4v) is 2.13. The summed E-state index contributed by atoms with van der Waals surface area (Å²) in [5.74, 6) is 0.721. The standard InChI is InChI=1S/C17H20FNO/c1-13(14-7-9-16(20-2)10-8-14)19-12-11-15-5-3-4-6-17(15)18/h3-10,13,19H,11-12H2,1-2H3. The summed E-state index contributed by atoms with van der Waals surface area (Å²) in [6.45, 7) is 2.84. The molecule has 2 aromatic rings. The Kier molecular flexibility index (Phi) is 5.13. The van der Waals surface area contributed by atoms with Crippen molar-refractivity contribution >= 4 is 0 Å². The zero-order valence-corrected chi connectivity index (χ0v) is 11.9. The molecule has 106 valence electrons. The van der Waals surface area contributed by atoms with Gasteiger partial charge in [-0.3, -0.25) is 0 Å². The lowest BCUT2D eigenvalue weighted by Gasteiger charge is -2.15. The van der Waals surface area contributed by atoms with E-state index in [1.807, 2.05) is 36.4 Å². The van der Waals surface area contributed by atoms with E-state index in [9.17, 15) is 4.39 Å². The van der Waals surface area contributed by atoms with Crippen LogP contribution in [0, 0.1) is 5.82 Å². The van der Waals surface area contributed by atoms with E-state index in [0.717, 1.165) is 17.9 Å². The second kappa shape index (κ2) is 7.06. The molecule has 2 nitrogen and oxygen atoms in total. The van der Waals surface area contributed by atoms with E-state index in [4.69, 9.17) is 4.74 Å². The minimum Gasteiger partial charge on any atom is -0.497 e. The Hall–Kier alpha value is -1.87. The van der Waals surface area contributed by atoms with Crippen LogP contribution < -0.4 is 10.1 Å². The molecule has 2 rings (SSSR count). The second-order valence-corrected chi connectivity index (χ2v) is 4.79. The molecule has 0 aromatic heterocycles. The molecule has 0 saturated carbocycles. The van der Waals surface area contributed by atoms with Crippen LogP contribution in [0.3, 0.4) is 0 Å². The van der Waals surface area contributed by atoms with Crippen molar-refractivity contribution in [3.8, 4) is 5.75 Å². The maximum absolute atomic E-state index is 13.5. The van der Waals surface area contributed by atoms with E-state index >= 15 is 0 Å². The first-order chi connectivity index (χ1) is 9.70. The topological polar surface area (TPSA) is 21.3 Å². The van der Waals surface area contributed by atoms with Crippen LogP contribution in [-0.4, -0.2) is 13.7 Å². The van der Waals surface area contributed by atoms with Crippen molar-refractivity contribution in [2.75, 3.05) is 13.7 Å². The summed E-state index contributed by atoms with van der Waals surface area (Å²) in [5.41, 5.74) is 1.95. The van der Waals surface area contributed by atoms with Crippen molar-refractivity contribution in [2.45, 2.75) is 19.4 Å². The van der Waals surface area contributed by atoms with E-state index in [2.05, 4.69) is 12.2 Å². The quantitative estimate of drug-likeness (QED) is 0.866. The molecule has 2 aromatic carbocycles. The lowest BCUT2D eigenvalue weighted by molar-refractivity contribution is 0.414. The first kappa shape index (κ1) is 14.5. The molecule has 1 atom stereocenters. The minimum absolute atomic E-state index is 0.133. The fraction of sp³-hybridized carbons (Fsp3) is 0.294. The van der Waals surface area contributed by atoms with E-state index in [-0.39, 0.29) is 11.9 Å². The largest absolute Gasteiger partial charge is 0.497 e. The molecule has 1 unspecified atom stereocenters. The molecule has 0 fully saturated rings. The van der Waals surface area contributed by atoms with Gasteiger partial charge in [-0.1, -0.05) is 30.3 Å². The maximum atomic E-state index is 13.5. The average molecular weight is 273 g/mol. The molecular formula is C17H20FNO. The van der Waals surface area contributed by atoms with Crippen molar-refractivity contribution in [1.29, 1.82) is 0 Å². The zero-order chi connectivity index (χ0) is 14.4. The molecule has 0 saturated heterocycles. The van der Waals surface area contributed by atoms with Crippen molar-refractivity contribution in [1.82, 2.24) is 5.32 Å². The highest BCUT2D eigenvalue weighted by molar-refractivity contribution is 5.28. The van der Waals surface area contributed by atoms with Gasteiger partial charge < -0.3 is 10.1 Å². The normalized spacial score (nSPS) is 12.2. The molecule has 0 aliphatic heterocycles. The number of hydrogen-bond acceptors (Lipinski definition) is 2. The molecule has 1 N–H and O–H groups in total. The van der Waals surface area contributed by atoms with Gasteiger partial charge in [-0.15, -0.1) is 0 Å². The minimum atomic E-state index is -0.133. The Bertz CT molecular complexity index is 539. The van der Waals surface area contributed by atoms with Crippen LogP contribution in [0.5, 0.6) is 5.75 Å². The molecular weight excluding hydrogens is 253 g/mol. The monoisotopic (exact) mass is 273 g/mol. The van der Waals surface area contributed by atoms with E-state index in [1.54, 1.807) is 13.2 Å². The summed E-state index contributed by atoms with van der Waals surface area (Å²) in [4.78, 5) is 0. The zero-order valence-electron chi connectivity index (χ0n) is 11.9. The van der Waals surface area contributed by atoms with Crippen LogP contribution in [0.1, 0.15) is 24.1 Å². The molecule has 0 heterocycles. The first-order valence-electron chi connectivity index (χ1n) is 6.81. The number of benzene rings is 2. The van der Waals surface area contributed by atoms with Gasteiger partial charge in [0.05, 0.1) is 7.11 Å². The van der Waals surface area contributed by atoms with Gasteiger partial charge in [-0.05, 0) is 49.2 Å². The Labute approximate surface area is 119 Å². The molecule has 0 amide bonds. The van der Waals surface area contributed by atoms with Gasteiger partial charge in [-0.25, -0.2) is 4.39 Å². The van der Waals surface area contributed by atoms with Gasteiger partial charge in [0, 0.05) is 6.04 Å². The lowest BCUT2D eigenvalue weighted by atomic mass is 10.1. The number of hydrogen-bond donors (Lipinski definition) is 1. The predicted octanol–water partition coefficient (Wildman–Crippen LogP) is 3.73. The van der Waals surface area contributed by atoms with Gasteiger partial charge in [0.2, 0.25) is 0 Å². The lowest BCUT2D eigenvalue weighted by Crippen LogP contribution is -2.21. The van der Waals surface area contributed by atoms with Crippen LogP contribution in [0.4, 0.5) is 4.39 Å². The van der Waals surface area contributed by atoms with Crippen LogP contribution >= 0.6 is 0 Å². The SMILES string of the molecule is COc1ccc(C(C)NCCc2ccccc2F)cc1. The highest BCUT2D eigenvalue weighted by Gasteiger charge is 2.06. The Morgan fingerprint density at radius 2 is 1.80 bits per heavy atom. The average Bonchev–Trinajstić information content (AvgIpc) is 2.49. The molecule has 0 bridgehead atoms. The summed E-state index contributed by atoms with van der Waals surface area (Å²) < 4.78 is 18.6. The van der Waals surface area contributed by atoms with Crippen LogP contribution in [0.2, 0.25) is 0 Å². The Morgan fingerprint density at radius 1 is 1.10 bits per heavy atom. The third-order valence-corrected chi connectivity index (χ3v) is 3.42. The summed E-state index contributed by atoms with van der Waals surface area (Å²) in [5, 5.41) is 3.40. The third kappa shape index (κ3) is 3.81. The van der Waals surface area contributed by atoms with Crippen molar-refractivity contribution in [3.05, 3.63) is 65.5 Å². The number of nitrogens with one attached hydrogen (secondary N) is 1. The second-order valence-electron chi connectivity index (χ2n) is 4.79. The van der Waals surface area contributed by atoms with E-state index < -0.39 is 0 Å². The predicted molar refractivity (Wildman–Crippen MR) is 79.5 cm³/mol. The Balaban J connectivity index is 1.85. The van der Waals surface area contributed by atoms with Crippen LogP contribution in [0.25, 0.3) is 0 Å².